The van der Waals surface area contributed by atoms with E-state index in [0.717, 1.165) is 5.56 Å². The smallest absolute Gasteiger partial charge is 0.244 e. The van der Waals surface area contributed by atoms with Crippen LogP contribution in [0.2, 0.25) is 0 Å². The highest BCUT2D eigenvalue weighted by molar-refractivity contribution is 5.91. The molecule has 1 N–H and O–H groups in total. The third kappa shape index (κ3) is 4.50. The Kier molecular flexibility index (Phi) is 5.66. The van der Waals surface area contributed by atoms with Crippen LogP contribution in [0.25, 0.3) is 6.08 Å². The van der Waals surface area contributed by atoms with E-state index in [4.69, 9.17) is 4.74 Å². The van der Waals surface area contributed by atoms with Gasteiger partial charge in [0, 0.05) is 18.7 Å². The lowest BCUT2D eigenvalue weighted by molar-refractivity contribution is -0.118. The summed E-state index contributed by atoms with van der Waals surface area (Å²) in [6.07, 6.45) is 3.18. The van der Waals surface area contributed by atoms with Crippen molar-refractivity contribution in [3.63, 3.8) is 0 Å². The zero-order valence-electron chi connectivity index (χ0n) is 13.3. The minimum atomic E-state index is -0.929. The Labute approximate surface area is 135 Å². The predicted molar refractivity (Wildman–Crippen MR) is 89.2 cm³/mol. The summed E-state index contributed by atoms with van der Waals surface area (Å²) >= 11 is 0. The van der Waals surface area contributed by atoms with E-state index in [-0.39, 0.29) is 18.3 Å². The van der Waals surface area contributed by atoms with Gasteiger partial charge in [0.05, 0.1) is 6.54 Å². The molecule has 0 unspecified atom stereocenters. The van der Waals surface area contributed by atoms with Gasteiger partial charge in [-0.15, -0.1) is 0 Å². The molecule has 0 aliphatic rings. The van der Waals surface area contributed by atoms with Gasteiger partial charge in [-0.25, -0.2) is 4.39 Å². The Balaban J connectivity index is 2.01. The van der Waals surface area contributed by atoms with E-state index in [1.807, 2.05) is 30.3 Å². The predicted octanol–water partition coefficient (Wildman–Crippen LogP) is 3.52. The number of hydrogen-bond donors (Lipinski definition) is 1. The lowest BCUT2D eigenvalue weighted by Gasteiger charge is -2.29. The van der Waals surface area contributed by atoms with Crippen LogP contribution in [-0.4, -0.2) is 19.6 Å². The van der Waals surface area contributed by atoms with Gasteiger partial charge >= 0.3 is 0 Å². The topological polar surface area (TPSA) is 38.3 Å². The highest BCUT2D eigenvalue weighted by atomic mass is 19.1. The maximum absolute atomic E-state index is 14.0. The van der Waals surface area contributed by atoms with Crippen LogP contribution in [0.1, 0.15) is 18.1 Å². The fourth-order valence-corrected chi connectivity index (χ4v) is 2.22. The van der Waals surface area contributed by atoms with Crippen molar-refractivity contribution in [2.75, 3.05) is 13.7 Å². The molecule has 4 heteroatoms. The average molecular weight is 313 g/mol. The van der Waals surface area contributed by atoms with Crippen molar-refractivity contribution in [2.45, 2.75) is 12.5 Å². The number of carbonyl (C=O) groups is 1. The standard InChI is InChI=1S/C19H20FNO2/c1-19(23-2,16-10-6-7-11-17(16)20)14-21-18(22)13-12-15-8-4-3-5-9-15/h3-13H,14H2,1-2H3,(H,21,22)/b13-12+/t19-/m0/s1. The van der Waals surface area contributed by atoms with Crippen molar-refractivity contribution in [1.29, 1.82) is 0 Å². The molecular weight excluding hydrogens is 293 g/mol. The van der Waals surface area contributed by atoms with Gasteiger partial charge in [-0.2, -0.15) is 0 Å². The molecule has 0 aliphatic carbocycles. The second-order valence-corrected chi connectivity index (χ2v) is 5.38. The number of halogens is 1. The highest BCUT2D eigenvalue weighted by Gasteiger charge is 2.29. The van der Waals surface area contributed by atoms with E-state index in [1.165, 1.54) is 19.3 Å². The van der Waals surface area contributed by atoms with Crippen LogP contribution in [0.15, 0.2) is 60.7 Å². The van der Waals surface area contributed by atoms with Crippen LogP contribution < -0.4 is 5.32 Å². The summed E-state index contributed by atoms with van der Waals surface area (Å²) in [7, 11) is 1.50. The van der Waals surface area contributed by atoms with Crippen LogP contribution in [0.4, 0.5) is 4.39 Å². The minimum Gasteiger partial charge on any atom is -0.372 e. The van der Waals surface area contributed by atoms with Crippen molar-refractivity contribution >= 4 is 12.0 Å². The molecule has 23 heavy (non-hydrogen) atoms. The van der Waals surface area contributed by atoms with Crippen LogP contribution >= 0.6 is 0 Å². The van der Waals surface area contributed by atoms with Crippen LogP contribution in [-0.2, 0) is 15.1 Å². The van der Waals surface area contributed by atoms with Gasteiger partial charge in [-0.05, 0) is 24.6 Å². The number of ether oxygens (including phenoxy) is 1. The maximum Gasteiger partial charge on any atom is 0.244 e. The molecule has 0 saturated heterocycles. The van der Waals surface area contributed by atoms with Gasteiger partial charge in [0.1, 0.15) is 11.4 Å². The molecule has 0 saturated carbocycles. The first-order valence-electron chi connectivity index (χ1n) is 7.36. The largest absolute Gasteiger partial charge is 0.372 e. The first kappa shape index (κ1) is 16.9. The molecule has 0 fully saturated rings. The zero-order valence-corrected chi connectivity index (χ0v) is 13.3. The maximum atomic E-state index is 14.0. The van der Waals surface area contributed by atoms with Crippen molar-refractivity contribution in [1.82, 2.24) is 5.32 Å². The van der Waals surface area contributed by atoms with Crippen LogP contribution in [0, 0.1) is 5.82 Å². The number of hydrogen-bond acceptors (Lipinski definition) is 2. The number of amides is 1. The summed E-state index contributed by atoms with van der Waals surface area (Å²) in [5.41, 5.74) is 0.419. The summed E-state index contributed by atoms with van der Waals surface area (Å²) in [6.45, 7) is 1.91. The van der Waals surface area contributed by atoms with Crippen molar-refractivity contribution in [3.05, 3.63) is 77.6 Å². The van der Waals surface area contributed by atoms with Crippen molar-refractivity contribution in [2.24, 2.45) is 0 Å². The number of rotatable bonds is 6. The number of benzene rings is 2. The van der Waals surface area contributed by atoms with Gasteiger partial charge in [-0.1, -0.05) is 48.5 Å². The Hall–Kier alpha value is -2.46. The molecule has 1 atom stereocenters. The van der Waals surface area contributed by atoms with Gasteiger partial charge in [0.2, 0.25) is 5.91 Å². The summed E-state index contributed by atoms with van der Waals surface area (Å²) in [5, 5.41) is 2.75. The van der Waals surface area contributed by atoms with E-state index in [1.54, 1.807) is 31.2 Å². The lowest BCUT2D eigenvalue weighted by atomic mass is 9.95. The summed E-state index contributed by atoms with van der Waals surface area (Å²) < 4.78 is 19.4. The van der Waals surface area contributed by atoms with E-state index < -0.39 is 5.60 Å². The Morgan fingerprint density at radius 2 is 1.83 bits per heavy atom. The monoisotopic (exact) mass is 313 g/mol. The van der Waals surface area contributed by atoms with E-state index >= 15 is 0 Å². The average Bonchev–Trinajstić information content (AvgIpc) is 2.59. The molecule has 0 radical (unpaired) electrons. The molecule has 0 aliphatic heterocycles. The molecule has 1 amide bonds. The minimum absolute atomic E-state index is 0.169. The summed E-state index contributed by atoms with van der Waals surface area (Å²) in [4.78, 5) is 11.9. The third-order valence-corrected chi connectivity index (χ3v) is 3.72. The number of methoxy groups -OCH3 is 1. The molecule has 0 bridgehead atoms. The second-order valence-electron chi connectivity index (χ2n) is 5.38. The summed E-state index contributed by atoms with van der Waals surface area (Å²) in [6, 6.07) is 15.9. The Morgan fingerprint density at radius 1 is 1.17 bits per heavy atom. The second kappa shape index (κ2) is 7.70. The highest BCUT2D eigenvalue weighted by Crippen LogP contribution is 2.26. The number of carbonyl (C=O) groups excluding carboxylic acids is 1. The SMILES string of the molecule is CO[C@@](C)(CNC(=O)/C=C/c1ccccc1)c1ccccc1F. The van der Waals surface area contributed by atoms with E-state index in [9.17, 15) is 9.18 Å². The quantitative estimate of drug-likeness (QED) is 0.829. The van der Waals surface area contributed by atoms with Gasteiger partial charge in [0.25, 0.3) is 0 Å². The van der Waals surface area contributed by atoms with E-state index in [2.05, 4.69) is 5.32 Å². The lowest BCUT2D eigenvalue weighted by Crippen LogP contribution is -2.40. The number of nitrogens with one attached hydrogen (secondary N) is 1. The van der Waals surface area contributed by atoms with Gasteiger partial charge in [-0.3, -0.25) is 4.79 Å². The fraction of sp³-hybridized carbons (Fsp3) is 0.211. The van der Waals surface area contributed by atoms with Crippen LogP contribution in [0.5, 0.6) is 0 Å². The first-order chi connectivity index (χ1) is 11.0. The normalized spacial score (nSPS) is 13.7. The van der Waals surface area contributed by atoms with Crippen LogP contribution in [0.3, 0.4) is 0 Å². The molecule has 0 spiro atoms. The van der Waals surface area contributed by atoms with Crippen molar-refractivity contribution < 1.29 is 13.9 Å². The Bertz CT molecular complexity index is 685. The first-order valence-corrected chi connectivity index (χ1v) is 7.36. The summed E-state index contributed by atoms with van der Waals surface area (Å²) in [5.74, 6) is -0.612. The molecule has 2 aromatic carbocycles. The molecule has 3 nitrogen and oxygen atoms in total. The molecular formula is C19H20FNO2. The van der Waals surface area contributed by atoms with Crippen molar-refractivity contribution in [3.8, 4) is 0 Å². The molecule has 2 rings (SSSR count). The van der Waals surface area contributed by atoms with Gasteiger partial charge < -0.3 is 10.1 Å². The molecule has 0 heterocycles. The Morgan fingerprint density at radius 3 is 2.48 bits per heavy atom. The van der Waals surface area contributed by atoms with E-state index in [0.29, 0.717) is 5.56 Å². The third-order valence-electron chi connectivity index (χ3n) is 3.72. The molecule has 2 aromatic rings. The molecule has 120 valence electrons. The fourth-order valence-electron chi connectivity index (χ4n) is 2.22. The van der Waals surface area contributed by atoms with Gasteiger partial charge in [0.15, 0.2) is 0 Å². The molecule has 0 aromatic heterocycles. The zero-order chi connectivity index (χ0) is 16.7.